The highest BCUT2D eigenvalue weighted by Gasteiger charge is 2.41. The van der Waals surface area contributed by atoms with Crippen molar-refractivity contribution in [3.63, 3.8) is 0 Å². The van der Waals surface area contributed by atoms with Crippen LogP contribution < -0.4 is 21.3 Å². The lowest BCUT2D eigenvalue weighted by atomic mass is 10.0. The standard InChI is InChI=1S/C43H53N4O7P/c1-30(2)38(46-42(50)53-28-34-22-14-8-15-23-34)40(48)44-36(26-32-18-10-6-11-19-32)55(5,52)37(27-33-20-12-7-13-21-33)45-41(49)39(31(3)4)47-43(51)54-29-35-24-16-9-17-25-35/h6-25,30-31,36-39H,26-29H2,1-5H3,(H,44,48)(H,45,49)(H,46,50)(H,47,51)/t36-,37-,38+,39+/m1/s1. The van der Waals surface area contributed by atoms with E-state index in [0.29, 0.717) is 0 Å². The van der Waals surface area contributed by atoms with E-state index in [1.165, 1.54) is 0 Å². The van der Waals surface area contributed by atoms with Crippen molar-refractivity contribution in [3.05, 3.63) is 144 Å². The molecule has 0 aromatic heterocycles. The third kappa shape index (κ3) is 13.4. The number of amides is 4. The summed E-state index contributed by atoms with van der Waals surface area (Å²) in [5.41, 5.74) is 3.23. The van der Waals surface area contributed by atoms with Gasteiger partial charge in [0.25, 0.3) is 0 Å². The molecular weight excluding hydrogens is 715 g/mol. The third-order valence-corrected chi connectivity index (χ3v) is 12.4. The maximum Gasteiger partial charge on any atom is 0.408 e. The summed E-state index contributed by atoms with van der Waals surface area (Å²) < 4.78 is 26.2. The summed E-state index contributed by atoms with van der Waals surface area (Å²) in [6, 6.07) is 35.0. The van der Waals surface area contributed by atoms with Gasteiger partial charge in [-0.1, -0.05) is 149 Å². The van der Waals surface area contributed by atoms with Crippen LogP contribution in [0.25, 0.3) is 0 Å². The molecule has 0 bridgehead atoms. The molecule has 0 aliphatic rings. The fourth-order valence-electron chi connectivity index (χ4n) is 5.97. The van der Waals surface area contributed by atoms with Crippen molar-refractivity contribution >= 4 is 31.1 Å². The molecule has 0 spiro atoms. The zero-order chi connectivity index (χ0) is 39.8. The predicted molar refractivity (Wildman–Crippen MR) is 214 cm³/mol. The van der Waals surface area contributed by atoms with Crippen molar-refractivity contribution in [3.8, 4) is 0 Å². The highest BCUT2D eigenvalue weighted by molar-refractivity contribution is 7.64. The zero-order valence-corrected chi connectivity index (χ0v) is 33.0. The van der Waals surface area contributed by atoms with Gasteiger partial charge >= 0.3 is 12.2 Å². The molecule has 0 saturated heterocycles. The molecule has 292 valence electrons. The molecule has 0 heterocycles. The number of alkyl carbamates (subject to hydrolysis) is 2. The van der Waals surface area contributed by atoms with Crippen LogP contribution in [0, 0.1) is 11.8 Å². The minimum Gasteiger partial charge on any atom is -0.445 e. The Kier molecular flexibility index (Phi) is 16.1. The number of nitrogens with one attached hydrogen (secondary N) is 4. The monoisotopic (exact) mass is 768 g/mol. The molecule has 0 radical (unpaired) electrons. The molecule has 4 aromatic carbocycles. The van der Waals surface area contributed by atoms with Crippen molar-refractivity contribution in [1.29, 1.82) is 0 Å². The van der Waals surface area contributed by atoms with Crippen molar-refractivity contribution in [2.24, 2.45) is 11.8 Å². The van der Waals surface area contributed by atoms with Crippen LogP contribution in [0.1, 0.15) is 49.9 Å². The van der Waals surface area contributed by atoms with Crippen molar-refractivity contribution < 1.29 is 33.2 Å². The van der Waals surface area contributed by atoms with Crippen molar-refractivity contribution in [1.82, 2.24) is 21.3 Å². The van der Waals surface area contributed by atoms with Crippen LogP contribution >= 0.6 is 7.14 Å². The SMILES string of the molecule is CC(C)[C@H](NC(=O)OCc1ccccc1)C(=O)N[C@@H](Cc1ccccc1)P(C)(=O)[C@H](Cc1ccccc1)NC(=O)[C@@H](NC(=O)OCc1ccccc1)C(C)C. The minimum absolute atomic E-state index is 0.0255. The van der Waals surface area contributed by atoms with E-state index in [4.69, 9.17) is 9.47 Å². The van der Waals surface area contributed by atoms with Gasteiger partial charge in [-0.3, -0.25) is 9.59 Å². The number of rotatable bonds is 18. The lowest BCUT2D eigenvalue weighted by Gasteiger charge is -2.35. The molecule has 0 aliphatic carbocycles. The normalized spacial score (nSPS) is 13.5. The van der Waals surface area contributed by atoms with E-state index in [-0.39, 0.29) is 37.9 Å². The summed E-state index contributed by atoms with van der Waals surface area (Å²) in [4.78, 5) is 53.9. The number of benzene rings is 4. The molecule has 4 amide bonds. The van der Waals surface area contributed by atoms with Gasteiger partial charge in [-0.25, -0.2) is 9.59 Å². The molecular formula is C43H53N4O7P. The fourth-order valence-corrected chi connectivity index (χ4v) is 8.32. The van der Waals surface area contributed by atoms with E-state index < -0.39 is 54.8 Å². The average Bonchev–Trinajstić information content (AvgIpc) is 3.18. The van der Waals surface area contributed by atoms with Crippen molar-refractivity contribution in [2.45, 2.75) is 77.4 Å². The summed E-state index contributed by atoms with van der Waals surface area (Å²) in [5, 5.41) is 11.4. The Morgan fingerprint density at radius 2 is 0.782 bits per heavy atom. The Morgan fingerprint density at radius 1 is 0.491 bits per heavy atom. The van der Waals surface area contributed by atoms with Crippen LogP contribution in [0.4, 0.5) is 9.59 Å². The first-order chi connectivity index (χ1) is 26.3. The number of carbonyl (C=O) groups excluding carboxylic acids is 4. The molecule has 11 nitrogen and oxygen atoms in total. The molecule has 0 saturated carbocycles. The Hall–Kier alpha value is -5.41. The van der Waals surface area contributed by atoms with E-state index >= 15 is 4.57 Å². The smallest absolute Gasteiger partial charge is 0.408 e. The fraction of sp³-hybridized carbons (Fsp3) is 0.349. The number of hydrogen-bond donors (Lipinski definition) is 4. The quantitative estimate of drug-likeness (QED) is 0.0779. The first-order valence-corrected chi connectivity index (χ1v) is 20.8. The topological polar surface area (TPSA) is 152 Å². The van der Waals surface area contributed by atoms with Gasteiger partial charge in [0.1, 0.15) is 32.4 Å². The highest BCUT2D eigenvalue weighted by Crippen LogP contribution is 2.52. The van der Waals surface area contributed by atoms with Gasteiger partial charge in [0, 0.05) is 0 Å². The summed E-state index contributed by atoms with van der Waals surface area (Å²) >= 11 is 0. The lowest BCUT2D eigenvalue weighted by Crippen LogP contribution is -2.55. The summed E-state index contributed by atoms with van der Waals surface area (Å²) in [5.74, 6) is -3.69. The second-order valence-corrected chi connectivity index (χ2v) is 17.7. The highest BCUT2D eigenvalue weighted by atomic mass is 31.2. The van der Waals surface area contributed by atoms with Crippen LogP contribution in [-0.4, -0.2) is 54.3 Å². The van der Waals surface area contributed by atoms with E-state index in [0.717, 1.165) is 22.3 Å². The van der Waals surface area contributed by atoms with Gasteiger partial charge in [0.15, 0.2) is 0 Å². The van der Waals surface area contributed by atoms with Gasteiger partial charge < -0.3 is 35.3 Å². The average molecular weight is 769 g/mol. The Morgan fingerprint density at radius 3 is 1.07 bits per heavy atom. The molecule has 12 heteroatoms. The maximum atomic E-state index is 15.4. The zero-order valence-electron chi connectivity index (χ0n) is 32.1. The van der Waals surface area contributed by atoms with Crippen LogP contribution in [0.15, 0.2) is 121 Å². The van der Waals surface area contributed by atoms with Crippen LogP contribution in [0.3, 0.4) is 0 Å². The van der Waals surface area contributed by atoms with E-state index in [1.54, 1.807) is 34.4 Å². The largest absolute Gasteiger partial charge is 0.445 e. The Labute approximate surface area is 324 Å². The van der Waals surface area contributed by atoms with E-state index in [2.05, 4.69) is 21.3 Å². The maximum absolute atomic E-state index is 15.4. The Balaban J connectivity index is 1.58. The van der Waals surface area contributed by atoms with Crippen LogP contribution in [-0.2, 0) is 49.7 Å². The molecule has 55 heavy (non-hydrogen) atoms. The first-order valence-electron chi connectivity index (χ1n) is 18.5. The molecule has 4 aromatic rings. The van der Waals surface area contributed by atoms with E-state index in [1.807, 2.05) is 121 Å². The predicted octanol–water partition coefficient (Wildman–Crippen LogP) is 7.25. The van der Waals surface area contributed by atoms with Gasteiger partial charge in [0.2, 0.25) is 11.8 Å². The first kappa shape index (κ1) is 42.3. The molecule has 0 unspecified atom stereocenters. The number of hydrogen-bond acceptors (Lipinski definition) is 7. The molecule has 4 N–H and O–H groups in total. The van der Waals surface area contributed by atoms with Crippen molar-refractivity contribution in [2.75, 3.05) is 6.66 Å². The van der Waals surface area contributed by atoms with Gasteiger partial charge in [-0.05, 0) is 53.6 Å². The van der Waals surface area contributed by atoms with Crippen LogP contribution in [0.5, 0.6) is 0 Å². The summed E-state index contributed by atoms with van der Waals surface area (Å²) in [6.45, 7) is 8.80. The Bertz CT molecular complexity index is 1730. The number of ether oxygens (including phenoxy) is 2. The summed E-state index contributed by atoms with van der Waals surface area (Å²) in [6.07, 6.45) is -1.16. The minimum atomic E-state index is -3.62. The lowest BCUT2D eigenvalue weighted by molar-refractivity contribution is -0.124. The second-order valence-electron chi connectivity index (χ2n) is 14.3. The van der Waals surface area contributed by atoms with E-state index in [9.17, 15) is 19.2 Å². The molecule has 0 aliphatic heterocycles. The van der Waals surface area contributed by atoms with Gasteiger partial charge in [0.05, 0.1) is 11.6 Å². The van der Waals surface area contributed by atoms with Gasteiger partial charge in [-0.15, -0.1) is 0 Å². The number of carbonyl (C=O) groups is 4. The third-order valence-electron chi connectivity index (χ3n) is 9.27. The molecule has 0 fully saturated rings. The molecule has 4 rings (SSSR count). The second kappa shape index (κ2) is 20.9. The summed E-state index contributed by atoms with van der Waals surface area (Å²) in [7, 11) is -3.62. The van der Waals surface area contributed by atoms with Crippen LogP contribution in [0.2, 0.25) is 0 Å². The molecule has 4 atom stereocenters. The van der Waals surface area contributed by atoms with Gasteiger partial charge in [-0.2, -0.15) is 0 Å².